The van der Waals surface area contributed by atoms with Crippen molar-refractivity contribution in [2.75, 3.05) is 25.1 Å². The third-order valence-electron chi connectivity index (χ3n) is 4.90. The van der Waals surface area contributed by atoms with Crippen LogP contribution in [-0.4, -0.2) is 34.7 Å². The number of methoxy groups -OCH3 is 1. The number of rotatable bonds is 3. The molecule has 1 fully saturated rings. The summed E-state index contributed by atoms with van der Waals surface area (Å²) in [5, 5.41) is 11.8. The van der Waals surface area contributed by atoms with E-state index in [1.807, 2.05) is 35.9 Å². The first-order chi connectivity index (χ1) is 12.7. The van der Waals surface area contributed by atoms with Gasteiger partial charge in [0.2, 0.25) is 0 Å². The minimum Gasteiger partial charge on any atom is -0.497 e. The number of aromatic nitrogens is 3. The van der Waals surface area contributed by atoms with Gasteiger partial charge in [0.15, 0.2) is 5.69 Å². The van der Waals surface area contributed by atoms with Crippen LogP contribution in [0.15, 0.2) is 30.7 Å². The predicted octanol–water partition coefficient (Wildman–Crippen LogP) is 3.60. The molecule has 0 unspecified atom stereocenters. The molecule has 1 aromatic carbocycles. The van der Waals surface area contributed by atoms with Gasteiger partial charge in [-0.2, -0.15) is 5.26 Å². The number of imidazole rings is 1. The topological polar surface area (TPSA) is 67.0 Å². The van der Waals surface area contributed by atoms with Gasteiger partial charge in [-0.15, -0.1) is 0 Å². The van der Waals surface area contributed by atoms with Gasteiger partial charge >= 0.3 is 0 Å². The Kier molecular flexibility index (Phi) is 4.21. The van der Waals surface area contributed by atoms with Crippen LogP contribution in [0.2, 0.25) is 0 Å². The lowest BCUT2D eigenvalue weighted by Crippen LogP contribution is -2.30. The molecule has 2 aromatic heterocycles. The first-order valence-electron chi connectivity index (χ1n) is 8.89. The molecular formula is C20H21N5O. The number of hydrogen-bond acceptors (Lipinski definition) is 5. The van der Waals surface area contributed by atoms with E-state index in [2.05, 4.69) is 16.0 Å². The van der Waals surface area contributed by atoms with E-state index >= 15 is 0 Å². The summed E-state index contributed by atoms with van der Waals surface area (Å²) in [6, 6.07) is 8.27. The normalized spacial score (nSPS) is 14.4. The average molecular weight is 347 g/mol. The number of piperidine rings is 1. The Labute approximate surface area is 152 Å². The van der Waals surface area contributed by atoms with E-state index in [1.165, 1.54) is 6.42 Å². The summed E-state index contributed by atoms with van der Waals surface area (Å²) in [4.78, 5) is 11.3. The van der Waals surface area contributed by atoms with Crippen molar-refractivity contribution in [1.29, 1.82) is 5.26 Å². The second kappa shape index (κ2) is 6.68. The molecule has 6 heteroatoms. The first-order valence-corrected chi connectivity index (χ1v) is 8.89. The molecule has 3 aromatic rings. The molecule has 0 amide bonds. The fraction of sp³-hybridized carbons (Fsp3) is 0.350. The van der Waals surface area contributed by atoms with E-state index < -0.39 is 0 Å². The van der Waals surface area contributed by atoms with Crippen molar-refractivity contribution >= 4 is 16.5 Å². The summed E-state index contributed by atoms with van der Waals surface area (Å²) < 4.78 is 7.33. The Morgan fingerprint density at radius 1 is 1.15 bits per heavy atom. The van der Waals surface area contributed by atoms with E-state index in [1.54, 1.807) is 13.4 Å². The first kappa shape index (κ1) is 16.4. The van der Waals surface area contributed by atoms with E-state index in [-0.39, 0.29) is 0 Å². The highest BCUT2D eigenvalue weighted by Crippen LogP contribution is 2.36. The van der Waals surface area contributed by atoms with Gasteiger partial charge in [-0.1, -0.05) is 0 Å². The molecule has 0 aliphatic carbocycles. The number of fused-ring (bicyclic) bond motifs is 1. The van der Waals surface area contributed by atoms with Crippen LogP contribution in [0, 0.1) is 18.3 Å². The van der Waals surface area contributed by atoms with Crippen LogP contribution in [0.3, 0.4) is 0 Å². The zero-order valence-corrected chi connectivity index (χ0v) is 15.1. The van der Waals surface area contributed by atoms with Crippen LogP contribution < -0.4 is 9.64 Å². The number of pyridine rings is 1. The summed E-state index contributed by atoms with van der Waals surface area (Å²) in [6.45, 7) is 3.84. The molecule has 1 aliphatic rings. The van der Waals surface area contributed by atoms with Crippen molar-refractivity contribution < 1.29 is 4.74 Å². The molecule has 3 heterocycles. The van der Waals surface area contributed by atoms with E-state index in [9.17, 15) is 5.26 Å². The van der Waals surface area contributed by atoms with Crippen molar-refractivity contribution in [2.45, 2.75) is 26.2 Å². The molecule has 1 aliphatic heterocycles. The molecule has 4 rings (SSSR count). The highest BCUT2D eigenvalue weighted by molar-refractivity contribution is 6.01. The Bertz CT molecular complexity index is 995. The SMILES string of the molecule is COc1ccc2c(-n3cnc(C)c3)nc(C#N)c(N3CCCCC3)c2c1. The van der Waals surface area contributed by atoms with Crippen LogP contribution in [0.25, 0.3) is 16.6 Å². The highest BCUT2D eigenvalue weighted by atomic mass is 16.5. The highest BCUT2D eigenvalue weighted by Gasteiger charge is 2.22. The number of hydrogen-bond donors (Lipinski definition) is 0. The van der Waals surface area contributed by atoms with Crippen molar-refractivity contribution in [3.63, 3.8) is 0 Å². The van der Waals surface area contributed by atoms with Gasteiger partial charge in [0.05, 0.1) is 18.5 Å². The minimum absolute atomic E-state index is 0.453. The van der Waals surface area contributed by atoms with Crippen molar-refractivity contribution in [2.24, 2.45) is 0 Å². The maximum Gasteiger partial charge on any atom is 0.166 e. The molecule has 0 atom stereocenters. The van der Waals surface area contributed by atoms with Crippen LogP contribution >= 0.6 is 0 Å². The summed E-state index contributed by atoms with van der Waals surface area (Å²) in [5.74, 6) is 1.50. The standard InChI is InChI=1S/C20H21N5O/c1-14-12-25(13-22-14)20-16-7-6-15(26-2)10-17(16)19(18(11-21)23-20)24-8-4-3-5-9-24/h6-7,10,12-13H,3-5,8-9H2,1-2H3. The summed E-state index contributed by atoms with van der Waals surface area (Å²) in [5.41, 5.74) is 2.28. The molecule has 0 bridgehead atoms. The third-order valence-corrected chi connectivity index (χ3v) is 4.90. The Morgan fingerprint density at radius 2 is 1.96 bits per heavy atom. The Balaban J connectivity index is 2.02. The Morgan fingerprint density at radius 3 is 2.62 bits per heavy atom. The smallest absolute Gasteiger partial charge is 0.166 e. The lowest BCUT2D eigenvalue weighted by atomic mass is 10.0. The van der Waals surface area contributed by atoms with Crippen LogP contribution in [0.4, 0.5) is 5.69 Å². The van der Waals surface area contributed by atoms with E-state index in [0.717, 1.165) is 59.7 Å². The molecule has 0 saturated carbocycles. The minimum atomic E-state index is 0.453. The van der Waals surface area contributed by atoms with Gasteiger partial charge < -0.3 is 9.64 Å². The molecule has 26 heavy (non-hydrogen) atoms. The number of benzene rings is 1. The largest absolute Gasteiger partial charge is 0.497 e. The van der Waals surface area contributed by atoms with Gasteiger partial charge in [0.25, 0.3) is 0 Å². The fourth-order valence-corrected chi connectivity index (χ4v) is 3.64. The number of anilines is 1. The molecule has 1 saturated heterocycles. The van der Waals surface area contributed by atoms with Gasteiger partial charge in [-0.25, -0.2) is 9.97 Å². The fourth-order valence-electron chi connectivity index (χ4n) is 3.64. The maximum atomic E-state index is 9.82. The van der Waals surface area contributed by atoms with Gasteiger partial charge in [-0.3, -0.25) is 4.57 Å². The number of ether oxygens (including phenoxy) is 1. The number of aryl methyl sites for hydroxylation is 1. The van der Waals surface area contributed by atoms with Crippen LogP contribution in [0.5, 0.6) is 5.75 Å². The molecule has 0 N–H and O–H groups in total. The zero-order chi connectivity index (χ0) is 18.1. The number of nitrogens with zero attached hydrogens (tertiary/aromatic N) is 5. The molecular weight excluding hydrogens is 326 g/mol. The lowest BCUT2D eigenvalue weighted by molar-refractivity contribution is 0.415. The molecule has 0 spiro atoms. The van der Waals surface area contributed by atoms with Crippen molar-refractivity contribution in [3.05, 3.63) is 42.1 Å². The van der Waals surface area contributed by atoms with Gasteiger partial charge in [0.1, 0.15) is 24.0 Å². The Hall–Kier alpha value is -3.07. The molecule has 0 radical (unpaired) electrons. The summed E-state index contributed by atoms with van der Waals surface area (Å²) >= 11 is 0. The van der Waals surface area contributed by atoms with Gasteiger partial charge in [0, 0.05) is 30.1 Å². The second-order valence-electron chi connectivity index (χ2n) is 6.63. The van der Waals surface area contributed by atoms with E-state index in [4.69, 9.17) is 9.72 Å². The van der Waals surface area contributed by atoms with E-state index in [0.29, 0.717) is 5.69 Å². The number of nitriles is 1. The molecule has 132 valence electrons. The monoisotopic (exact) mass is 347 g/mol. The third kappa shape index (κ3) is 2.76. The van der Waals surface area contributed by atoms with Crippen molar-refractivity contribution in [3.8, 4) is 17.6 Å². The second-order valence-corrected chi connectivity index (χ2v) is 6.63. The van der Waals surface area contributed by atoms with Crippen molar-refractivity contribution in [1.82, 2.24) is 14.5 Å². The molecule has 6 nitrogen and oxygen atoms in total. The lowest BCUT2D eigenvalue weighted by Gasteiger charge is -2.30. The van der Waals surface area contributed by atoms with Crippen LogP contribution in [-0.2, 0) is 0 Å². The average Bonchev–Trinajstić information content (AvgIpc) is 3.12. The summed E-state index contributed by atoms with van der Waals surface area (Å²) in [7, 11) is 1.66. The quantitative estimate of drug-likeness (QED) is 0.724. The van der Waals surface area contributed by atoms with Gasteiger partial charge in [-0.05, 0) is 44.4 Å². The summed E-state index contributed by atoms with van der Waals surface area (Å²) in [6.07, 6.45) is 7.17. The maximum absolute atomic E-state index is 9.82. The zero-order valence-electron chi connectivity index (χ0n) is 15.1. The van der Waals surface area contributed by atoms with Crippen LogP contribution in [0.1, 0.15) is 30.7 Å². The predicted molar refractivity (Wildman–Crippen MR) is 101 cm³/mol.